The summed E-state index contributed by atoms with van der Waals surface area (Å²) in [6.07, 6.45) is 3.68. The van der Waals surface area contributed by atoms with E-state index >= 15 is 0 Å². The Bertz CT molecular complexity index is 228. The maximum atomic E-state index is 11.6. The zero-order valence-corrected chi connectivity index (χ0v) is 11.7. The number of amides is 1. The van der Waals surface area contributed by atoms with E-state index in [4.69, 9.17) is 4.74 Å². The molecule has 1 amide bonds. The van der Waals surface area contributed by atoms with Gasteiger partial charge in [-0.05, 0) is 51.9 Å². The molecule has 0 aromatic carbocycles. The fraction of sp³-hybridized carbons (Fsp3) is 0.923. The van der Waals surface area contributed by atoms with Crippen LogP contribution in [0.4, 0.5) is 0 Å². The normalized spacial score (nSPS) is 17.9. The van der Waals surface area contributed by atoms with Gasteiger partial charge in [0.25, 0.3) is 0 Å². The van der Waals surface area contributed by atoms with Crippen LogP contribution in [0.1, 0.15) is 19.3 Å². The molecule has 1 rings (SSSR count). The Morgan fingerprint density at radius 2 is 2.06 bits per heavy atom. The van der Waals surface area contributed by atoms with Crippen LogP contribution in [0.2, 0.25) is 0 Å². The largest absolute Gasteiger partial charge is 0.383 e. The van der Waals surface area contributed by atoms with Crippen molar-refractivity contribution in [1.29, 1.82) is 0 Å². The molecule has 0 aliphatic carbocycles. The highest BCUT2D eigenvalue weighted by Crippen LogP contribution is 2.19. The Morgan fingerprint density at radius 3 is 2.67 bits per heavy atom. The predicted octanol–water partition coefficient (Wildman–Crippen LogP) is 0.0705. The van der Waals surface area contributed by atoms with Crippen molar-refractivity contribution in [3.8, 4) is 0 Å². The lowest BCUT2D eigenvalue weighted by atomic mass is 9.93. The monoisotopic (exact) mass is 257 g/mol. The van der Waals surface area contributed by atoms with Gasteiger partial charge in [-0.3, -0.25) is 9.69 Å². The molecule has 5 nitrogen and oxygen atoms in total. The van der Waals surface area contributed by atoms with E-state index in [2.05, 4.69) is 15.5 Å². The van der Waals surface area contributed by atoms with Gasteiger partial charge in [-0.2, -0.15) is 0 Å². The van der Waals surface area contributed by atoms with Crippen LogP contribution in [0.5, 0.6) is 0 Å². The molecule has 1 aliphatic heterocycles. The smallest absolute Gasteiger partial charge is 0.234 e. The second-order valence-corrected chi connectivity index (χ2v) is 4.95. The lowest BCUT2D eigenvalue weighted by molar-refractivity contribution is -0.122. The zero-order chi connectivity index (χ0) is 13.2. The molecular formula is C13H27N3O2. The first kappa shape index (κ1) is 15.4. The van der Waals surface area contributed by atoms with E-state index in [1.54, 1.807) is 7.11 Å². The zero-order valence-electron chi connectivity index (χ0n) is 11.7. The highest BCUT2D eigenvalue weighted by Gasteiger charge is 2.20. The van der Waals surface area contributed by atoms with Gasteiger partial charge >= 0.3 is 0 Å². The fourth-order valence-corrected chi connectivity index (χ4v) is 2.33. The molecule has 0 bridgehead atoms. The van der Waals surface area contributed by atoms with Crippen LogP contribution < -0.4 is 10.6 Å². The first-order chi connectivity index (χ1) is 8.76. The number of ether oxygens (including phenoxy) is 1. The number of carbonyl (C=O) groups excluding carboxylic acids is 1. The van der Waals surface area contributed by atoms with Gasteiger partial charge in [0.1, 0.15) is 0 Å². The van der Waals surface area contributed by atoms with Crippen LogP contribution in [0.3, 0.4) is 0 Å². The van der Waals surface area contributed by atoms with Crippen molar-refractivity contribution in [2.24, 2.45) is 5.92 Å². The second-order valence-electron chi connectivity index (χ2n) is 4.95. The lowest BCUT2D eigenvalue weighted by Gasteiger charge is -2.31. The number of carbonyl (C=O) groups is 1. The quantitative estimate of drug-likeness (QED) is 0.604. The van der Waals surface area contributed by atoms with Crippen molar-refractivity contribution >= 4 is 5.91 Å². The van der Waals surface area contributed by atoms with E-state index in [9.17, 15) is 4.79 Å². The Hall–Kier alpha value is -0.650. The van der Waals surface area contributed by atoms with Crippen LogP contribution in [0.15, 0.2) is 0 Å². The molecule has 1 saturated heterocycles. The van der Waals surface area contributed by atoms with Crippen molar-refractivity contribution in [2.75, 3.05) is 53.5 Å². The number of likely N-dealkylation sites (tertiary alicyclic amines) is 1. The Balaban J connectivity index is 2.09. The van der Waals surface area contributed by atoms with Crippen molar-refractivity contribution in [3.63, 3.8) is 0 Å². The maximum absolute atomic E-state index is 11.6. The van der Waals surface area contributed by atoms with Gasteiger partial charge in [-0.1, -0.05) is 0 Å². The maximum Gasteiger partial charge on any atom is 0.234 e. The van der Waals surface area contributed by atoms with E-state index in [0.717, 1.165) is 25.6 Å². The Kier molecular flexibility index (Phi) is 7.96. The van der Waals surface area contributed by atoms with Crippen LogP contribution in [0, 0.1) is 5.92 Å². The number of hydrogen-bond donors (Lipinski definition) is 2. The summed E-state index contributed by atoms with van der Waals surface area (Å²) in [5.74, 6) is 0.936. The third kappa shape index (κ3) is 6.33. The summed E-state index contributed by atoms with van der Waals surface area (Å²) in [6, 6.07) is 0. The van der Waals surface area contributed by atoms with Gasteiger partial charge < -0.3 is 15.4 Å². The van der Waals surface area contributed by atoms with Crippen LogP contribution in [0.25, 0.3) is 0 Å². The summed E-state index contributed by atoms with van der Waals surface area (Å²) in [4.78, 5) is 13.9. The minimum Gasteiger partial charge on any atom is -0.383 e. The summed E-state index contributed by atoms with van der Waals surface area (Å²) in [6.45, 7) is 4.91. The molecule has 1 heterocycles. The standard InChI is InChI=1S/C13H27N3O2/c1-14-6-3-12-4-8-16(9-5-12)11-13(17)15-7-10-18-2/h12,14H,3-11H2,1-2H3,(H,15,17). The molecule has 0 atom stereocenters. The number of hydrogen-bond acceptors (Lipinski definition) is 4. The molecule has 0 saturated carbocycles. The average Bonchev–Trinajstić information content (AvgIpc) is 2.38. The molecule has 0 spiro atoms. The molecule has 18 heavy (non-hydrogen) atoms. The molecule has 0 radical (unpaired) electrons. The summed E-state index contributed by atoms with van der Waals surface area (Å²) in [5, 5.41) is 6.06. The Labute approximate surface area is 110 Å². The third-order valence-corrected chi connectivity index (χ3v) is 3.51. The molecular weight excluding hydrogens is 230 g/mol. The van der Waals surface area contributed by atoms with Gasteiger partial charge in [0, 0.05) is 13.7 Å². The van der Waals surface area contributed by atoms with E-state index in [1.165, 1.54) is 19.3 Å². The number of rotatable bonds is 8. The van der Waals surface area contributed by atoms with Gasteiger partial charge in [-0.15, -0.1) is 0 Å². The van der Waals surface area contributed by atoms with Crippen molar-refractivity contribution in [2.45, 2.75) is 19.3 Å². The highest BCUT2D eigenvalue weighted by molar-refractivity contribution is 5.77. The van der Waals surface area contributed by atoms with E-state index in [0.29, 0.717) is 19.7 Å². The van der Waals surface area contributed by atoms with Gasteiger partial charge in [0.05, 0.1) is 13.2 Å². The Morgan fingerprint density at radius 1 is 1.33 bits per heavy atom. The van der Waals surface area contributed by atoms with E-state index in [1.807, 2.05) is 7.05 Å². The topological polar surface area (TPSA) is 53.6 Å². The third-order valence-electron chi connectivity index (χ3n) is 3.51. The molecule has 5 heteroatoms. The average molecular weight is 257 g/mol. The van der Waals surface area contributed by atoms with Crippen LogP contribution in [-0.2, 0) is 9.53 Å². The molecule has 106 valence electrons. The molecule has 0 aromatic rings. The first-order valence-corrected chi connectivity index (χ1v) is 6.89. The van der Waals surface area contributed by atoms with Gasteiger partial charge in [0.15, 0.2) is 0 Å². The van der Waals surface area contributed by atoms with Crippen LogP contribution >= 0.6 is 0 Å². The van der Waals surface area contributed by atoms with E-state index in [-0.39, 0.29) is 5.91 Å². The van der Waals surface area contributed by atoms with E-state index < -0.39 is 0 Å². The second kappa shape index (κ2) is 9.30. The summed E-state index contributed by atoms with van der Waals surface area (Å²) < 4.78 is 4.90. The summed E-state index contributed by atoms with van der Waals surface area (Å²) >= 11 is 0. The highest BCUT2D eigenvalue weighted by atomic mass is 16.5. The summed E-state index contributed by atoms with van der Waals surface area (Å²) in [7, 11) is 3.64. The van der Waals surface area contributed by atoms with Crippen molar-refractivity contribution in [3.05, 3.63) is 0 Å². The first-order valence-electron chi connectivity index (χ1n) is 6.89. The number of methoxy groups -OCH3 is 1. The summed E-state index contributed by atoms with van der Waals surface area (Å²) in [5.41, 5.74) is 0. The molecule has 1 aliphatic rings. The molecule has 0 aromatic heterocycles. The van der Waals surface area contributed by atoms with Gasteiger partial charge in [-0.25, -0.2) is 0 Å². The van der Waals surface area contributed by atoms with Crippen molar-refractivity contribution in [1.82, 2.24) is 15.5 Å². The SMILES string of the molecule is CNCCC1CCN(CC(=O)NCCOC)CC1. The predicted molar refractivity (Wildman–Crippen MR) is 72.6 cm³/mol. The fourth-order valence-electron chi connectivity index (χ4n) is 2.33. The lowest BCUT2D eigenvalue weighted by Crippen LogP contribution is -2.42. The van der Waals surface area contributed by atoms with Crippen molar-refractivity contribution < 1.29 is 9.53 Å². The van der Waals surface area contributed by atoms with Gasteiger partial charge in [0.2, 0.25) is 5.91 Å². The van der Waals surface area contributed by atoms with Crippen LogP contribution in [-0.4, -0.2) is 64.3 Å². The minimum absolute atomic E-state index is 0.112. The number of piperidine rings is 1. The number of nitrogens with zero attached hydrogens (tertiary/aromatic N) is 1. The molecule has 0 unspecified atom stereocenters. The molecule has 1 fully saturated rings. The minimum atomic E-state index is 0.112. The molecule has 2 N–H and O–H groups in total. The number of nitrogens with one attached hydrogen (secondary N) is 2.